The van der Waals surface area contributed by atoms with Crippen LogP contribution in [0.5, 0.6) is 0 Å². The third kappa shape index (κ3) is 2.14. The molecule has 3 nitrogen and oxygen atoms in total. The fourth-order valence-corrected chi connectivity index (χ4v) is 4.62. The fraction of sp³-hybridized carbons (Fsp3) is 0.667. The number of rotatable bonds is 4. The molecular formula is C18H25ClO3. The van der Waals surface area contributed by atoms with E-state index in [1.54, 1.807) is 0 Å². The number of aliphatic hydroxyl groups is 1. The molecule has 0 saturated carbocycles. The van der Waals surface area contributed by atoms with E-state index < -0.39 is 16.8 Å². The molecule has 2 bridgehead atoms. The van der Waals surface area contributed by atoms with Crippen molar-refractivity contribution < 1.29 is 14.6 Å². The standard InChI is InChI=1S/C18H25ClO3/c1-12(2)18-10-9-16(3,22-18)15(17(18,4)20)21-11-13-7-5-6-8-14(13)19/h5-8,12,15,20H,9-11H2,1-4H3/t15-,16-,17?,18-/m0/s1. The molecule has 2 fully saturated rings. The third-order valence-electron chi connectivity index (χ3n) is 5.63. The molecule has 1 aromatic rings. The van der Waals surface area contributed by atoms with E-state index in [1.165, 1.54) is 0 Å². The first kappa shape index (κ1) is 16.3. The number of halogens is 1. The van der Waals surface area contributed by atoms with Crippen molar-refractivity contribution in [3.05, 3.63) is 34.9 Å². The minimum atomic E-state index is -1.00. The van der Waals surface area contributed by atoms with Crippen molar-refractivity contribution in [2.24, 2.45) is 5.92 Å². The Morgan fingerprint density at radius 1 is 1.32 bits per heavy atom. The van der Waals surface area contributed by atoms with Crippen LogP contribution >= 0.6 is 11.6 Å². The van der Waals surface area contributed by atoms with Crippen LogP contribution in [-0.4, -0.2) is 28.0 Å². The van der Waals surface area contributed by atoms with Gasteiger partial charge in [-0.1, -0.05) is 43.6 Å². The van der Waals surface area contributed by atoms with Crippen molar-refractivity contribution in [3.8, 4) is 0 Å². The Morgan fingerprint density at radius 3 is 2.59 bits per heavy atom. The molecule has 2 heterocycles. The summed E-state index contributed by atoms with van der Waals surface area (Å²) in [5.74, 6) is 0.234. The first-order chi connectivity index (χ1) is 10.2. The Bertz CT molecular complexity index is 571. The molecule has 0 aliphatic carbocycles. The number of hydrogen-bond donors (Lipinski definition) is 1. The van der Waals surface area contributed by atoms with Crippen molar-refractivity contribution in [3.63, 3.8) is 0 Å². The van der Waals surface area contributed by atoms with Gasteiger partial charge in [-0.2, -0.15) is 0 Å². The van der Waals surface area contributed by atoms with Crippen molar-refractivity contribution in [1.82, 2.24) is 0 Å². The molecule has 22 heavy (non-hydrogen) atoms. The second-order valence-corrected chi connectivity index (χ2v) is 7.80. The van der Waals surface area contributed by atoms with Gasteiger partial charge in [-0.05, 0) is 44.2 Å². The lowest BCUT2D eigenvalue weighted by Gasteiger charge is -2.45. The van der Waals surface area contributed by atoms with Crippen molar-refractivity contribution in [2.45, 2.75) is 70.1 Å². The van der Waals surface area contributed by atoms with Crippen LogP contribution in [0.25, 0.3) is 0 Å². The maximum Gasteiger partial charge on any atom is 0.120 e. The molecule has 0 radical (unpaired) electrons. The van der Waals surface area contributed by atoms with Crippen LogP contribution in [0.3, 0.4) is 0 Å². The molecule has 1 aromatic carbocycles. The normalized spacial score (nSPS) is 40.6. The summed E-state index contributed by atoms with van der Waals surface area (Å²) in [5.41, 5.74) is -1.03. The summed E-state index contributed by atoms with van der Waals surface area (Å²) in [7, 11) is 0. The van der Waals surface area contributed by atoms with Gasteiger partial charge in [-0.15, -0.1) is 0 Å². The summed E-state index contributed by atoms with van der Waals surface area (Å²) >= 11 is 6.20. The second-order valence-electron chi connectivity index (χ2n) is 7.39. The van der Waals surface area contributed by atoms with Gasteiger partial charge in [0.2, 0.25) is 0 Å². The van der Waals surface area contributed by atoms with Crippen LogP contribution < -0.4 is 0 Å². The van der Waals surface area contributed by atoms with E-state index in [4.69, 9.17) is 21.1 Å². The van der Waals surface area contributed by atoms with Gasteiger partial charge in [0.1, 0.15) is 17.3 Å². The van der Waals surface area contributed by atoms with E-state index in [0.29, 0.717) is 11.6 Å². The molecule has 1 unspecified atom stereocenters. The van der Waals surface area contributed by atoms with Gasteiger partial charge in [0.25, 0.3) is 0 Å². The van der Waals surface area contributed by atoms with Crippen molar-refractivity contribution in [1.29, 1.82) is 0 Å². The molecule has 4 heteroatoms. The van der Waals surface area contributed by atoms with E-state index in [9.17, 15) is 5.11 Å². The van der Waals surface area contributed by atoms with Crippen LogP contribution in [0.1, 0.15) is 46.1 Å². The van der Waals surface area contributed by atoms with Crippen LogP contribution in [0, 0.1) is 5.92 Å². The maximum atomic E-state index is 11.2. The molecule has 122 valence electrons. The Kier molecular flexibility index (Phi) is 3.84. The molecule has 0 amide bonds. The monoisotopic (exact) mass is 324 g/mol. The molecular weight excluding hydrogens is 300 g/mol. The number of hydrogen-bond acceptors (Lipinski definition) is 3. The average Bonchev–Trinajstić information content (AvgIpc) is 2.88. The highest BCUT2D eigenvalue weighted by Crippen LogP contribution is 2.60. The lowest BCUT2D eigenvalue weighted by Crippen LogP contribution is -2.60. The first-order valence-corrected chi connectivity index (χ1v) is 8.38. The van der Waals surface area contributed by atoms with Crippen LogP contribution in [0.2, 0.25) is 5.02 Å². The first-order valence-electron chi connectivity index (χ1n) is 8.00. The molecule has 3 rings (SSSR count). The summed E-state index contributed by atoms with van der Waals surface area (Å²) in [6.45, 7) is 8.51. The van der Waals surface area contributed by atoms with Gasteiger partial charge >= 0.3 is 0 Å². The van der Waals surface area contributed by atoms with Gasteiger partial charge in [-0.3, -0.25) is 0 Å². The predicted molar refractivity (Wildman–Crippen MR) is 86.9 cm³/mol. The van der Waals surface area contributed by atoms with Gasteiger partial charge < -0.3 is 14.6 Å². The molecule has 0 spiro atoms. The lowest BCUT2D eigenvalue weighted by molar-refractivity contribution is -0.160. The zero-order valence-corrected chi connectivity index (χ0v) is 14.5. The maximum absolute atomic E-state index is 11.2. The summed E-state index contributed by atoms with van der Waals surface area (Å²) in [5, 5.41) is 11.9. The Hall–Kier alpha value is -0.610. The van der Waals surface area contributed by atoms with Gasteiger partial charge in [-0.25, -0.2) is 0 Å². The van der Waals surface area contributed by atoms with Crippen LogP contribution in [0.15, 0.2) is 24.3 Å². The predicted octanol–water partition coefficient (Wildman–Crippen LogP) is 3.95. The Labute approximate surface area is 137 Å². The Morgan fingerprint density at radius 2 is 2.00 bits per heavy atom. The summed E-state index contributed by atoms with van der Waals surface area (Å²) < 4.78 is 12.5. The van der Waals surface area contributed by atoms with Crippen LogP contribution in [-0.2, 0) is 16.1 Å². The summed E-state index contributed by atoms with van der Waals surface area (Å²) in [6, 6.07) is 7.65. The largest absolute Gasteiger partial charge is 0.384 e. The van der Waals surface area contributed by atoms with Gasteiger partial charge in [0.05, 0.1) is 12.2 Å². The highest BCUT2D eigenvalue weighted by atomic mass is 35.5. The topological polar surface area (TPSA) is 38.7 Å². The minimum Gasteiger partial charge on any atom is -0.384 e. The van der Waals surface area contributed by atoms with Crippen LogP contribution in [0.4, 0.5) is 0 Å². The number of benzene rings is 1. The van der Waals surface area contributed by atoms with E-state index in [0.717, 1.165) is 18.4 Å². The quantitative estimate of drug-likeness (QED) is 0.911. The second kappa shape index (κ2) is 5.20. The molecule has 2 aliphatic rings. The van der Waals surface area contributed by atoms with E-state index in [1.807, 2.05) is 31.2 Å². The SMILES string of the molecule is CC(C)[C@]12CC[C@](C)(O1)[C@H](OCc1ccccc1Cl)C2(C)O. The zero-order chi connectivity index (χ0) is 16.2. The van der Waals surface area contributed by atoms with Gasteiger partial charge in [0.15, 0.2) is 0 Å². The number of fused-ring (bicyclic) bond motifs is 2. The molecule has 2 aliphatic heterocycles. The van der Waals surface area contributed by atoms with Crippen molar-refractivity contribution >= 4 is 11.6 Å². The Balaban J connectivity index is 1.84. The molecule has 0 aromatic heterocycles. The van der Waals surface area contributed by atoms with Crippen molar-refractivity contribution in [2.75, 3.05) is 0 Å². The summed E-state index contributed by atoms with van der Waals surface area (Å²) in [6.07, 6.45) is 1.43. The average molecular weight is 325 g/mol. The minimum absolute atomic E-state index is 0.234. The zero-order valence-electron chi connectivity index (χ0n) is 13.7. The van der Waals surface area contributed by atoms with E-state index in [-0.39, 0.29) is 12.0 Å². The smallest absolute Gasteiger partial charge is 0.120 e. The fourth-order valence-electron chi connectivity index (χ4n) is 4.43. The number of ether oxygens (including phenoxy) is 2. The third-order valence-corrected chi connectivity index (χ3v) is 5.99. The molecule has 1 N–H and O–H groups in total. The molecule has 4 atom stereocenters. The highest BCUT2D eigenvalue weighted by molar-refractivity contribution is 6.31. The summed E-state index contributed by atoms with van der Waals surface area (Å²) in [4.78, 5) is 0. The van der Waals surface area contributed by atoms with E-state index >= 15 is 0 Å². The van der Waals surface area contributed by atoms with Gasteiger partial charge in [0, 0.05) is 5.02 Å². The highest BCUT2D eigenvalue weighted by Gasteiger charge is 2.72. The van der Waals surface area contributed by atoms with E-state index in [2.05, 4.69) is 20.8 Å². The molecule has 2 saturated heterocycles. The lowest BCUT2D eigenvalue weighted by atomic mass is 9.66.